The Morgan fingerprint density at radius 1 is 1.26 bits per heavy atom. The van der Waals surface area contributed by atoms with Crippen molar-refractivity contribution in [3.63, 3.8) is 0 Å². The van der Waals surface area contributed by atoms with E-state index in [9.17, 15) is 4.79 Å². The Balaban J connectivity index is 1.32. The molecule has 0 aromatic heterocycles. The summed E-state index contributed by atoms with van der Waals surface area (Å²) in [6.45, 7) is 5.27. The number of nitrogens with zero attached hydrogens (tertiary/aromatic N) is 2. The van der Waals surface area contributed by atoms with Gasteiger partial charge in [0.25, 0.3) is 5.91 Å². The number of amides is 1. The van der Waals surface area contributed by atoms with E-state index >= 15 is 0 Å². The fourth-order valence-electron chi connectivity index (χ4n) is 3.74. The zero-order valence-electron chi connectivity index (χ0n) is 17.7. The minimum absolute atomic E-state index is 0.0629. The average Bonchev–Trinajstić information content (AvgIpc) is 2.79. The number of benzene rings is 2. The third kappa shape index (κ3) is 5.51. The van der Waals surface area contributed by atoms with Gasteiger partial charge in [-0.3, -0.25) is 9.79 Å². The van der Waals surface area contributed by atoms with Crippen molar-refractivity contribution in [3.8, 4) is 5.75 Å². The lowest BCUT2D eigenvalue weighted by Gasteiger charge is -2.30. The monoisotopic (exact) mass is 440 g/mol. The lowest BCUT2D eigenvalue weighted by Crippen LogP contribution is -2.36. The highest BCUT2D eigenvalue weighted by Crippen LogP contribution is 2.36. The van der Waals surface area contributed by atoms with Crippen LogP contribution in [0.5, 0.6) is 5.75 Å². The first-order chi connectivity index (χ1) is 15.0. The SMILES string of the molecule is CC1(c2cccc(OCC(=O)Nc3ccc(N4CCOCC4)cc3)c2)CCSC(N)=N1. The van der Waals surface area contributed by atoms with Gasteiger partial charge in [0.2, 0.25) is 0 Å². The van der Waals surface area contributed by atoms with E-state index in [0.29, 0.717) is 10.9 Å². The fraction of sp³-hybridized carbons (Fsp3) is 0.391. The third-order valence-electron chi connectivity index (χ3n) is 5.55. The van der Waals surface area contributed by atoms with Crippen molar-refractivity contribution in [1.29, 1.82) is 0 Å². The first-order valence-corrected chi connectivity index (χ1v) is 11.4. The number of rotatable bonds is 6. The van der Waals surface area contributed by atoms with Crippen molar-refractivity contribution in [2.75, 3.05) is 48.9 Å². The van der Waals surface area contributed by atoms with Gasteiger partial charge in [0.15, 0.2) is 11.8 Å². The maximum Gasteiger partial charge on any atom is 0.262 e. The van der Waals surface area contributed by atoms with Gasteiger partial charge < -0.3 is 25.4 Å². The van der Waals surface area contributed by atoms with Crippen molar-refractivity contribution < 1.29 is 14.3 Å². The molecule has 4 rings (SSSR count). The second-order valence-electron chi connectivity index (χ2n) is 7.83. The van der Waals surface area contributed by atoms with Crippen LogP contribution in [0.2, 0.25) is 0 Å². The summed E-state index contributed by atoms with van der Waals surface area (Å²) in [6.07, 6.45) is 0.906. The van der Waals surface area contributed by atoms with Gasteiger partial charge in [-0.2, -0.15) is 0 Å². The van der Waals surface area contributed by atoms with Crippen molar-refractivity contribution >= 4 is 34.2 Å². The number of aliphatic imine (C=N–C) groups is 1. The Labute approximate surface area is 187 Å². The van der Waals surface area contributed by atoms with Crippen LogP contribution >= 0.6 is 11.8 Å². The molecule has 164 valence electrons. The molecule has 0 saturated carbocycles. The summed E-state index contributed by atoms with van der Waals surface area (Å²) in [5.41, 5.74) is 8.48. The largest absolute Gasteiger partial charge is 0.484 e. The molecular weight excluding hydrogens is 412 g/mol. The van der Waals surface area contributed by atoms with E-state index in [2.05, 4.69) is 22.1 Å². The van der Waals surface area contributed by atoms with E-state index in [1.165, 1.54) is 0 Å². The van der Waals surface area contributed by atoms with Gasteiger partial charge in [-0.25, -0.2) is 0 Å². The molecule has 3 N–H and O–H groups in total. The van der Waals surface area contributed by atoms with Gasteiger partial charge in [-0.1, -0.05) is 23.9 Å². The number of thioether (sulfide) groups is 1. The molecule has 1 saturated heterocycles. The number of anilines is 2. The van der Waals surface area contributed by atoms with Crippen LogP contribution in [0.4, 0.5) is 11.4 Å². The summed E-state index contributed by atoms with van der Waals surface area (Å²) in [5.74, 6) is 1.37. The zero-order chi connectivity index (χ0) is 21.7. The maximum absolute atomic E-state index is 12.4. The lowest BCUT2D eigenvalue weighted by molar-refractivity contribution is -0.118. The number of hydrogen-bond donors (Lipinski definition) is 2. The molecule has 2 aromatic rings. The van der Waals surface area contributed by atoms with Crippen LogP contribution in [0.25, 0.3) is 0 Å². The molecular formula is C23H28N4O3S. The highest BCUT2D eigenvalue weighted by Gasteiger charge is 2.29. The zero-order valence-corrected chi connectivity index (χ0v) is 18.5. The summed E-state index contributed by atoms with van der Waals surface area (Å²) in [5, 5.41) is 3.50. The van der Waals surface area contributed by atoms with Crippen molar-refractivity contribution in [1.82, 2.24) is 0 Å². The van der Waals surface area contributed by atoms with Crippen LogP contribution in [-0.4, -0.2) is 49.7 Å². The molecule has 0 radical (unpaired) electrons. The Kier molecular flexibility index (Phi) is 6.67. The molecule has 2 heterocycles. The van der Waals surface area contributed by atoms with Crippen LogP contribution in [-0.2, 0) is 15.1 Å². The molecule has 2 aliphatic heterocycles. The first-order valence-electron chi connectivity index (χ1n) is 10.5. The van der Waals surface area contributed by atoms with E-state index in [0.717, 1.165) is 55.4 Å². The number of morpholine rings is 1. The summed E-state index contributed by atoms with van der Waals surface area (Å²) >= 11 is 1.58. The molecule has 0 aliphatic carbocycles. The number of carbonyl (C=O) groups excluding carboxylic acids is 1. The summed E-state index contributed by atoms with van der Waals surface area (Å²) < 4.78 is 11.1. The maximum atomic E-state index is 12.4. The van der Waals surface area contributed by atoms with Gasteiger partial charge in [0.1, 0.15) is 5.75 Å². The normalized spacial score (nSPS) is 21.3. The number of amidine groups is 1. The van der Waals surface area contributed by atoms with Gasteiger partial charge in [0, 0.05) is 30.2 Å². The van der Waals surface area contributed by atoms with Crippen LogP contribution in [0.15, 0.2) is 53.5 Å². The molecule has 1 amide bonds. The van der Waals surface area contributed by atoms with E-state index in [-0.39, 0.29) is 18.1 Å². The molecule has 1 fully saturated rings. The Morgan fingerprint density at radius 3 is 2.77 bits per heavy atom. The Hall–Kier alpha value is -2.71. The molecule has 1 unspecified atom stereocenters. The smallest absolute Gasteiger partial charge is 0.262 e. The predicted molar refractivity (Wildman–Crippen MR) is 126 cm³/mol. The van der Waals surface area contributed by atoms with Gasteiger partial charge in [-0.05, 0) is 55.3 Å². The van der Waals surface area contributed by atoms with E-state index in [1.54, 1.807) is 11.8 Å². The second kappa shape index (κ2) is 9.62. The van der Waals surface area contributed by atoms with Crippen LogP contribution in [0, 0.1) is 0 Å². The molecule has 0 bridgehead atoms. The molecule has 7 nitrogen and oxygen atoms in total. The highest BCUT2D eigenvalue weighted by molar-refractivity contribution is 8.13. The molecule has 8 heteroatoms. The number of ether oxygens (including phenoxy) is 2. The summed E-state index contributed by atoms with van der Waals surface area (Å²) in [6, 6.07) is 15.6. The van der Waals surface area contributed by atoms with Gasteiger partial charge >= 0.3 is 0 Å². The van der Waals surface area contributed by atoms with Gasteiger partial charge in [0.05, 0.1) is 18.8 Å². The third-order valence-corrected chi connectivity index (χ3v) is 6.34. The Morgan fingerprint density at radius 2 is 2.03 bits per heavy atom. The van der Waals surface area contributed by atoms with Crippen LogP contribution in [0.3, 0.4) is 0 Å². The molecule has 2 aromatic carbocycles. The summed E-state index contributed by atoms with van der Waals surface area (Å²) in [4.78, 5) is 19.3. The predicted octanol–water partition coefficient (Wildman–Crippen LogP) is 3.21. The van der Waals surface area contributed by atoms with E-state index < -0.39 is 0 Å². The molecule has 0 spiro atoms. The topological polar surface area (TPSA) is 89.2 Å². The second-order valence-corrected chi connectivity index (χ2v) is 8.95. The summed E-state index contributed by atoms with van der Waals surface area (Å²) in [7, 11) is 0. The van der Waals surface area contributed by atoms with Crippen LogP contribution < -0.4 is 20.7 Å². The van der Waals surface area contributed by atoms with Crippen molar-refractivity contribution in [3.05, 3.63) is 54.1 Å². The van der Waals surface area contributed by atoms with Crippen LogP contribution in [0.1, 0.15) is 18.9 Å². The average molecular weight is 441 g/mol. The molecule has 2 aliphatic rings. The number of nitrogens with one attached hydrogen (secondary N) is 1. The van der Waals surface area contributed by atoms with Crippen molar-refractivity contribution in [2.24, 2.45) is 10.7 Å². The highest BCUT2D eigenvalue weighted by atomic mass is 32.2. The van der Waals surface area contributed by atoms with E-state index in [1.807, 2.05) is 48.5 Å². The van der Waals surface area contributed by atoms with Gasteiger partial charge in [-0.15, -0.1) is 0 Å². The molecule has 1 atom stereocenters. The standard InChI is InChI=1S/C23H28N4O3S/c1-23(9-14-31-22(24)26-23)17-3-2-4-20(15-17)30-16-21(28)25-18-5-7-19(8-6-18)27-10-12-29-13-11-27/h2-8,15H,9-14,16H2,1H3,(H2,24,26)(H,25,28). The Bertz CT molecular complexity index is 944. The minimum atomic E-state index is -0.362. The van der Waals surface area contributed by atoms with Crippen molar-refractivity contribution in [2.45, 2.75) is 18.9 Å². The quantitative estimate of drug-likeness (QED) is 0.717. The fourth-order valence-corrected chi connectivity index (χ4v) is 4.71. The number of carbonyl (C=O) groups is 1. The number of hydrogen-bond acceptors (Lipinski definition) is 7. The number of nitrogens with two attached hydrogens (primary N) is 1. The van der Waals surface area contributed by atoms with E-state index in [4.69, 9.17) is 15.2 Å². The molecule has 31 heavy (non-hydrogen) atoms. The lowest BCUT2D eigenvalue weighted by atomic mass is 9.90. The first kappa shape index (κ1) is 21.5. The minimum Gasteiger partial charge on any atom is -0.484 e.